The van der Waals surface area contributed by atoms with E-state index in [0.717, 1.165) is 5.56 Å². The number of methoxy groups -OCH3 is 1. The fourth-order valence-electron chi connectivity index (χ4n) is 3.74. The van der Waals surface area contributed by atoms with Crippen molar-refractivity contribution in [2.75, 3.05) is 19.5 Å². The number of nitrogens with zero attached hydrogens (tertiary/aromatic N) is 4. The third kappa shape index (κ3) is 4.66. The molecule has 0 radical (unpaired) electrons. The van der Waals surface area contributed by atoms with Gasteiger partial charge in [-0.3, -0.25) is 0 Å². The summed E-state index contributed by atoms with van der Waals surface area (Å²) >= 11 is 0. The van der Waals surface area contributed by atoms with Crippen LogP contribution < -0.4 is 15.8 Å². The first kappa shape index (κ1) is 21.9. The van der Waals surface area contributed by atoms with E-state index in [0.29, 0.717) is 40.5 Å². The molecule has 0 saturated heterocycles. The topological polar surface area (TPSA) is 145 Å². The summed E-state index contributed by atoms with van der Waals surface area (Å²) in [5.74, 6) is -0.830. The van der Waals surface area contributed by atoms with Crippen molar-refractivity contribution >= 4 is 17.8 Å². The Kier molecular flexibility index (Phi) is 6.03. The Bertz CT molecular complexity index is 1250. The highest BCUT2D eigenvalue weighted by molar-refractivity contribution is 6.01. The quantitative estimate of drug-likeness (QED) is 0.479. The van der Waals surface area contributed by atoms with Gasteiger partial charge in [0.25, 0.3) is 0 Å². The fraction of sp³-hybridized carbons (Fsp3) is 0.227. The normalized spacial score (nSPS) is 16.1. The molecule has 1 unspecified atom stereocenters. The number of nitrogen functional groups attached to an aromatic ring is 1. The van der Waals surface area contributed by atoms with Gasteiger partial charge in [-0.2, -0.15) is 0 Å². The van der Waals surface area contributed by atoms with Crippen LogP contribution in [0.2, 0.25) is 0 Å². The van der Waals surface area contributed by atoms with E-state index in [2.05, 4.69) is 25.4 Å². The number of oxime groups is 1. The predicted octanol–water partition coefficient (Wildman–Crippen LogP) is 2.23. The minimum atomic E-state index is -1.16. The molecule has 1 aliphatic rings. The molecule has 10 nitrogen and oxygen atoms in total. The number of carboxylic acids is 1. The molecule has 11 heteroatoms. The summed E-state index contributed by atoms with van der Waals surface area (Å²) in [6.45, 7) is 1.13. The van der Waals surface area contributed by atoms with E-state index in [1.54, 1.807) is 31.2 Å². The van der Waals surface area contributed by atoms with E-state index in [1.807, 2.05) is 0 Å². The summed E-state index contributed by atoms with van der Waals surface area (Å²) < 4.78 is 19.4. The Morgan fingerprint density at radius 3 is 2.88 bits per heavy atom. The number of nitrogens with two attached hydrogens (primary N) is 1. The lowest BCUT2D eigenvalue weighted by Crippen LogP contribution is -2.38. The molecule has 1 aliphatic heterocycles. The molecule has 1 aromatic carbocycles. The highest BCUT2D eigenvalue weighted by atomic mass is 19.1. The van der Waals surface area contributed by atoms with Gasteiger partial charge in [-0.1, -0.05) is 17.3 Å². The first-order valence-corrected chi connectivity index (χ1v) is 9.98. The SMILES string of the molecule is COc1cccc(-c2cc(F)ccc2C2Cc3nc(N)nc(C)c3/C(=N/OCC(=O)O)N2)n1. The molecular formula is C22H21FN6O4. The number of rotatable bonds is 6. The van der Waals surface area contributed by atoms with Crippen LogP contribution in [0.15, 0.2) is 41.6 Å². The van der Waals surface area contributed by atoms with E-state index < -0.39 is 24.4 Å². The Labute approximate surface area is 188 Å². The third-order valence-corrected chi connectivity index (χ3v) is 5.07. The first-order valence-electron chi connectivity index (χ1n) is 9.98. The number of carbonyl (C=O) groups is 1. The molecule has 4 N–H and O–H groups in total. The molecule has 170 valence electrons. The lowest BCUT2D eigenvalue weighted by molar-refractivity contribution is -0.142. The number of carboxylic acid groups (broad SMARTS) is 1. The molecule has 1 atom stereocenters. The van der Waals surface area contributed by atoms with Crippen LogP contribution in [-0.2, 0) is 16.1 Å². The van der Waals surface area contributed by atoms with Gasteiger partial charge in [0.2, 0.25) is 18.4 Å². The highest BCUT2D eigenvalue weighted by Gasteiger charge is 2.30. The lowest BCUT2D eigenvalue weighted by Gasteiger charge is -2.29. The van der Waals surface area contributed by atoms with Crippen molar-refractivity contribution in [1.29, 1.82) is 0 Å². The zero-order chi connectivity index (χ0) is 23.5. The van der Waals surface area contributed by atoms with Crippen molar-refractivity contribution in [3.05, 3.63) is 64.7 Å². The number of halogens is 1. The summed E-state index contributed by atoms with van der Waals surface area (Å²) in [5, 5.41) is 16.1. The molecule has 0 aliphatic carbocycles. The minimum absolute atomic E-state index is 0.103. The van der Waals surface area contributed by atoms with Crippen LogP contribution in [0.25, 0.3) is 11.3 Å². The van der Waals surface area contributed by atoms with E-state index in [4.69, 9.17) is 20.4 Å². The first-order chi connectivity index (χ1) is 15.9. The average molecular weight is 452 g/mol. The maximum absolute atomic E-state index is 14.2. The number of anilines is 1. The van der Waals surface area contributed by atoms with Gasteiger partial charge in [0.05, 0.1) is 35.8 Å². The van der Waals surface area contributed by atoms with Gasteiger partial charge >= 0.3 is 5.97 Å². The van der Waals surface area contributed by atoms with Gasteiger partial charge in [-0.05, 0) is 30.7 Å². The average Bonchev–Trinajstić information content (AvgIpc) is 2.78. The maximum atomic E-state index is 14.2. The number of aromatic nitrogens is 3. The van der Waals surface area contributed by atoms with Crippen LogP contribution in [0.4, 0.5) is 10.3 Å². The summed E-state index contributed by atoms with van der Waals surface area (Å²) in [6.07, 6.45) is 0.392. The monoisotopic (exact) mass is 452 g/mol. The summed E-state index contributed by atoms with van der Waals surface area (Å²) in [4.78, 5) is 28.8. The smallest absolute Gasteiger partial charge is 0.344 e. The van der Waals surface area contributed by atoms with Gasteiger partial charge in [0.1, 0.15) is 5.82 Å². The predicted molar refractivity (Wildman–Crippen MR) is 117 cm³/mol. The van der Waals surface area contributed by atoms with Crippen molar-refractivity contribution < 1.29 is 23.9 Å². The summed E-state index contributed by atoms with van der Waals surface area (Å²) in [7, 11) is 1.50. The number of ether oxygens (including phenoxy) is 1. The fourth-order valence-corrected chi connectivity index (χ4v) is 3.74. The second-order valence-corrected chi connectivity index (χ2v) is 7.29. The third-order valence-electron chi connectivity index (χ3n) is 5.07. The van der Waals surface area contributed by atoms with Gasteiger partial charge in [-0.25, -0.2) is 24.1 Å². The Morgan fingerprint density at radius 1 is 1.30 bits per heavy atom. The van der Waals surface area contributed by atoms with Gasteiger partial charge in [0, 0.05) is 18.1 Å². The molecule has 0 bridgehead atoms. The minimum Gasteiger partial charge on any atom is -0.481 e. The van der Waals surface area contributed by atoms with Crippen LogP contribution in [0.5, 0.6) is 5.88 Å². The second kappa shape index (κ2) is 9.07. The number of nitrogens with one attached hydrogen (secondary N) is 1. The van der Waals surface area contributed by atoms with Gasteiger partial charge in [-0.15, -0.1) is 0 Å². The molecule has 4 rings (SSSR count). The number of hydrogen-bond acceptors (Lipinski definition) is 8. The van der Waals surface area contributed by atoms with Crippen molar-refractivity contribution in [3.63, 3.8) is 0 Å². The number of hydrogen-bond donors (Lipinski definition) is 3. The van der Waals surface area contributed by atoms with E-state index >= 15 is 0 Å². The van der Waals surface area contributed by atoms with E-state index in [-0.39, 0.29) is 11.8 Å². The summed E-state index contributed by atoms with van der Waals surface area (Å²) in [5.41, 5.74) is 9.41. The van der Waals surface area contributed by atoms with Gasteiger partial charge < -0.3 is 25.7 Å². The van der Waals surface area contributed by atoms with Gasteiger partial charge in [0.15, 0.2) is 5.84 Å². The van der Waals surface area contributed by atoms with Crippen LogP contribution in [-0.4, -0.2) is 45.6 Å². The van der Waals surface area contributed by atoms with E-state index in [9.17, 15) is 9.18 Å². The number of fused-ring (bicyclic) bond motifs is 1. The Hall–Kier alpha value is -4.28. The van der Waals surface area contributed by atoms with Crippen molar-refractivity contribution in [2.24, 2.45) is 5.16 Å². The molecule has 3 heterocycles. The molecule has 0 fully saturated rings. The van der Waals surface area contributed by atoms with Crippen molar-refractivity contribution in [1.82, 2.24) is 20.3 Å². The zero-order valence-electron chi connectivity index (χ0n) is 17.9. The molecule has 2 aromatic heterocycles. The van der Waals surface area contributed by atoms with Crippen molar-refractivity contribution in [2.45, 2.75) is 19.4 Å². The second-order valence-electron chi connectivity index (χ2n) is 7.29. The number of amidine groups is 1. The maximum Gasteiger partial charge on any atom is 0.344 e. The Morgan fingerprint density at radius 2 is 2.12 bits per heavy atom. The van der Waals surface area contributed by atoms with Crippen LogP contribution in [0.1, 0.15) is 28.6 Å². The van der Waals surface area contributed by atoms with Crippen LogP contribution in [0.3, 0.4) is 0 Å². The molecule has 3 aromatic rings. The Balaban J connectivity index is 1.80. The number of aryl methyl sites for hydroxylation is 1. The summed E-state index contributed by atoms with van der Waals surface area (Å²) in [6, 6.07) is 9.21. The molecular weight excluding hydrogens is 431 g/mol. The van der Waals surface area contributed by atoms with Crippen LogP contribution >= 0.6 is 0 Å². The molecule has 0 spiro atoms. The number of pyridine rings is 1. The zero-order valence-corrected chi connectivity index (χ0v) is 17.9. The highest BCUT2D eigenvalue weighted by Crippen LogP contribution is 2.34. The molecule has 33 heavy (non-hydrogen) atoms. The molecule has 0 saturated carbocycles. The standard InChI is InChI=1S/C22H21FN6O4/c1-11-20-17(28-22(24)25-11)9-16(27-21(20)29-33-10-19(30)31)13-7-6-12(23)8-14(13)15-4-3-5-18(26-15)32-2/h3-8,16H,9-10H2,1-2H3,(H,27,29)(H,30,31)(H2,24,25,28). The largest absolute Gasteiger partial charge is 0.481 e. The number of benzene rings is 1. The molecule has 0 amide bonds. The lowest BCUT2D eigenvalue weighted by atomic mass is 9.90. The van der Waals surface area contributed by atoms with Crippen molar-refractivity contribution in [3.8, 4) is 17.1 Å². The van der Waals surface area contributed by atoms with Crippen LogP contribution in [0, 0.1) is 12.7 Å². The van der Waals surface area contributed by atoms with E-state index in [1.165, 1.54) is 19.2 Å². The number of aliphatic carboxylic acids is 1.